The van der Waals surface area contributed by atoms with Crippen molar-refractivity contribution in [3.05, 3.63) is 78.9 Å². The fourth-order valence-electron chi connectivity index (χ4n) is 2.98. The summed E-state index contributed by atoms with van der Waals surface area (Å²) >= 11 is 0. The number of benzene rings is 3. The van der Waals surface area contributed by atoms with Crippen molar-refractivity contribution >= 4 is 33.2 Å². The first-order valence-corrected chi connectivity index (χ1v) is 11.1. The van der Waals surface area contributed by atoms with E-state index in [4.69, 9.17) is 0 Å². The third kappa shape index (κ3) is 5.78. The summed E-state index contributed by atoms with van der Waals surface area (Å²) in [7, 11) is -3.93. The lowest BCUT2D eigenvalue weighted by molar-refractivity contribution is -0.117. The van der Waals surface area contributed by atoms with Gasteiger partial charge < -0.3 is 10.6 Å². The van der Waals surface area contributed by atoms with Gasteiger partial charge in [-0.3, -0.25) is 9.59 Å². The maximum absolute atomic E-state index is 12.7. The first-order chi connectivity index (χ1) is 14.8. The molecule has 31 heavy (non-hydrogen) atoms. The molecule has 0 aliphatic heterocycles. The molecule has 0 unspecified atom stereocenters. The van der Waals surface area contributed by atoms with Crippen LogP contribution in [0.5, 0.6) is 0 Å². The van der Waals surface area contributed by atoms with Crippen LogP contribution in [-0.4, -0.2) is 26.3 Å². The molecule has 0 heterocycles. The average molecular weight is 438 g/mol. The van der Waals surface area contributed by atoms with Gasteiger partial charge in [-0.15, -0.1) is 0 Å². The molecule has 3 aromatic carbocycles. The number of rotatable bonds is 7. The van der Waals surface area contributed by atoms with Gasteiger partial charge in [0.05, 0.1) is 10.9 Å². The fraction of sp³-hybridized carbons (Fsp3) is 0.130. The first kappa shape index (κ1) is 22.2. The zero-order chi connectivity index (χ0) is 22.4. The minimum absolute atomic E-state index is 0.00839. The van der Waals surface area contributed by atoms with Crippen molar-refractivity contribution in [3.63, 3.8) is 0 Å². The van der Waals surface area contributed by atoms with E-state index in [9.17, 15) is 18.0 Å². The van der Waals surface area contributed by atoms with Gasteiger partial charge in [-0.1, -0.05) is 48.5 Å². The van der Waals surface area contributed by atoms with E-state index in [1.54, 1.807) is 12.1 Å². The minimum atomic E-state index is -3.93. The van der Waals surface area contributed by atoms with Crippen molar-refractivity contribution < 1.29 is 18.0 Å². The van der Waals surface area contributed by atoms with Crippen LogP contribution in [0.25, 0.3) is 11.1 Å². The van der Waals surface area contributed by atoms with Crippen LogP contribution < -0.4 is 15.4 Å². The molecular weight excluding hydrogens is 414 g/mol. The highest BCUT2D eigenvalue weighted by Gasteiger charge is 2.22. The molecule has 0 fully saturated rings. The second-order valence-corrected chi connectivity index (χ2v) is 8.66. The lowest BCUT2D eigenvalue weighted by atomic mass is 10.0. The standard InChI is InChI=1S/C23H23N3O4S/c1-16(26-31(29,30)20-14-12-19(13-15-20)24-17(2)27)23(28)25-22-11-7-6-10-21(22)18-8-4-3-5-9-18/h3-16,26H,1-2H3,(H,24,27)(H,25,28)/t16-/m1/s1. The number of carbonyl (C=O) groups is 2. The van der Waals surface area contributed by atoms with Crippen molar-refractivity contribution in [1.29, 1.82) is 0 Å². The summed E-state index contributed by atoms with van der Waals surface area (Å²) in [4.78, 5) is 23.8. The Morgan fingerprint density at radius 1 is 0.806 bits per heavy atom. The molecule has 0 aromatic heterocycles. The Hall–Kier alpha value is -3.49. The molecule has 0 spiro atoms. The molecule has 3 rings (SSSR count). The van der Waals surface area contributed by atoms with Gasteiger partial charge >= 0.3 is 0 Å². The molecule has 0 aliphatic carbocycles. The molecule has 2 amide bonds. The summed E-state index contributed by atoms with van der Waals surface area (Å²) in [6, 6.07) is 21.6. The summed E-state index contributed by atoms with van der Waals surface area (Å²) < 4.78 is 27.7. The number of carbonyl (C=O) groups excluding carboxylic acids is 2. The van der Waals surface area contributed by atoms with Crippen molar-refractivity contribution in [2.45, 2.75) is 24.8 Å². The van der Waals surface area contributed by atoms with Gasteiger partial charge in [0.2, 0.25) is 21.8 Å². The number of para-hydroxylation sites is 1. The monoisotopic (exact) mass is 437 g/mol. The third-order valence-corrected chi connectivity index (χ3v) is 6.04. The molecule has 1 atom stereocenters. The smallest absolute Gasteiger partial charge is 0.242 e. The predicted octanol–water partition coefficient (Wildman–Crippen LogP) is 3.62. The fourth-order valence-corrected chi connectivity index (χ4v) is 4.18. The minimum Gasteiger partial charge on any atom is -0.326 e. The maximum atomic E-state index is 12.7. The van der Waals surface area contributed by atoms with Crippen molar-refractivity contribution in [1.82, 2.24) is 4.72 Å². The third-order valence-electron chi connectivity index (χ3n) is 4.48. The highest BCUT2D eigenvalue weighted by molar-refractivity contribution is 7.89. The molecule has 0 saturated heterocycles. The Morgan fingerprint density at radius 2 is 1.42 bits per heavy atom. The quantitative estimate of drug-likeness (QED) is 0.525. The van der Waals surface area contributed by atoms with Crippen LogP contribution in [0.4, 0.5) is 11.4 Å². The van der Waals surface area contributed by atoms with Crippen molar-refractivity contribution in [3.8, 4) is 11.1 Å². The van der Waals surface area contributed by atoms with Crippen molar-refractivity contribution in [2.75, 3.05) is 10.6 Å². The second kappa shape index (κ2) is 9.55. The number of hydrogen-bond donors (Lipinski definition) is 3. The summed E-state index contributed by atoms with van der Waals surface area (Å²) in [6.45, 7) is 2.84. The van der Waals surface area contributed by atoms with E-state index in [-0.39, 0.29) is 10.8 Å². The average Bonchev–Trinajstić information content (AvgIpc) is 2.74. The zero-order valence-corrected chi connectivity index (χ0v) is 17.9. The van der Waals surface area contributed by atoms with E-state index in [0.29, 0.717) is 11.4 Å². The van der Waals surface area contributed by atoms with Gasteiger partial charge in [0.25, 0.3) is 0 Å². The van der Waals surface area contributed by atoms with Crippen LogP contribution in [0.3, 0.4) is 0 Å². The van der Waals surface area contributed by atoms with E-state index in [1.165, 1.54) is 38.1 Å². The van der Waals surface area contributed by atoms with Gasteiger partial charge in [-0.25, -0.2) is 8.42 Å². The van der Waals surface area contributed by atoms with Gasteiger partial charge in [0.15, 0.2) is 0 Å². The molecule has 3 N–H and O–H groups in total. The molecule has 8 heteroatoms. The van der Waals surface area contributed by atoms with Crippen LogP contribution in [0.2, 0.25) is 0 Å². The van der Waals surface area contributed by atoms with E-state index in [0.717, 1.165) is 11.1 Å². The van der Waals surface area contributed by atoms with Crippen LogP contribution in [-0.2, 0) is 19.6 Å². The van der Waals surface area contributed by atoms with Gasteiger partial charge in [-0.05, 0) is 42.8 Å². The normalized spacial score (nSPS) is 12.1. The zero-order valence-electron chi connectivity index (χ0n) is 17.1. The molecule has 160 valence electrons. The molecule has 0 bridgehead atoms. The summed E-state index contributed by atoms with van der Waals surface area (Å²) in [6.07, 6.45) is 0. The Kier molecular flexibility index (Phi) is 6.84. The highest BCUT2D eigenvalue weighted by Crippen LogP contribution is 2.27. The van der Waals surface area contributed by atoms with E-state index in [2.05, 4.69) is 15.4 Å². The Bertz CT molecular complexity index is 1180. The number of nitrogens with one attached hydrogen (secondary N) is 3. The number of hydrogen-bond acceptors (Lipinski definition) is 4. The Labute approximate surface area is 181 Å². The summed E-state index contributed by atoms with van der Waals surface area (Å²) in [5, 5.41) is 5.37. The largest absolute Gasteiger partial charge is 0.326 e. The van der Waals surface area contributed by atoms with E-state index < -0.39 is 22.0 Å². The van der Waals surface area contributed by atoms with Crippen molar-refractivity contribution in [2.24, 2.45) is 0 Å². The van der Waals surface area contributed by atoms with E-state index >= 15 is 0 Å². The number of anilines is 2. The highest BCUT2D eigenvalue weighted by atomic mass is 32.2. The summed E-state index contributed by atoms with van der Waals surface area (Å²) in [5.74, 6) is -0.739. The van der Waals surface area contributed by atoms with Crippen LogP contribution in [0.15, 0.2) is 83.8 Å². The lowest BCUT2D eigenvalue weighted by Crippen LogP contribution is -2.41. The lowest BCUT2D eigenvalue weighted by Gasteiger charge is -2.16. The molecule has 0 radical (unpaired) electrons. The van der Waals surface area contributed by atoms with E-state index in [1.807, 2.05) is 42.5 Å². The molecule has 0 aliphatic rings. The van der Waals surface area contributed by atoms with Crippen LogP contribution >= 0.6 is 0 Å². The first-order valence-electron chi connectivity index (χ1n) is 9.61. The topological polar surface area (TPSA) is 104 Å². The molecule has 3 aromatic rings. The van der Waals surface area contributed by atoms with Gasteiger partial charge in [-0.2, -0.15) is 4.72 Å². The second-order valence-electron chi connectivity index (χ2n) is 6.95. The predicted molar refractivity (Wildman–Crippen MR) is 121 cm³/mol. The van der Waals surface area contributed by atoms with Crippen LogP contribution in [0, 0.1) is 0 Å². The number of amides is 2. The van der Waals surface area contributed by atoms with Crippen LogP contribution in [0.1, 0.15) is 13.8 Å². The van der Waals surface area contributed by atoms with Gasteiger partial charge in [0, 0.05) is 23.9 Å². The Morgan fingerprint density at radius 3 is 2.06 bits per heavy atom. The Balaban J connectivity index is 1.72. The number of sulfonamides is 1. The molecular formula is C23H23N3O4S. The molecule has 0 saturated carbocycles. The molecule has 7 nitrogen and oxygen atoms in total. The maximum Gasteiger partial charge on any atom is 0.242 e. The SMILES string of the molecule is CC(=O)Nc1ccc(S(=O)(=O)N[C@H](C)C(=O)Nc2ccccc2-c2ccccc2)cc1. The summed E-state index contributed by atoms with van der Waals surface area (Å²) in [5.41, 5.74) is 2.84. The van der Waals surface area contributed by atoms with Gasteiger partial charge in [0.1, 0.15) is 0 Å².